The first kappa shape index (κ1) is 18.5. The van der Waals surface area contributed by atoms with Crippen molar-refractivity contribution >= 4 is 29.0 Å². The summed E-state index contributed by atoms with van der Waals surface area (Å²) in [6.07, 6.45) is 0.0596. The molecular weight excluding hydrogens is 346 g/mol. The van der Waals surface area contributed by atoms with Gasteiger partial charge in [-0.15, -0.1) is 5.10 Å². The van der Waals surface area contributed by atoms with Gasteiger partial charge >= 0.3 is 0 Å². The second-order valence-electron chi connectivity index (χ2n) is 5.35. The minimum atomic E-state index is 0.0208. The van der Waals surface area contributed by atoms with E-state index in [1.54, 1.807) is 19.1 Å². The normalized spacial score (nSPS) is 10.7. The van der Waals surface area contributed by atoms with Gasteiger partial charge in [-0.05, 0) is 31.3 Å². The Bertz CT molecular complexity index is 676. The van der Waals surface area contributed by atoms with E-state index in [-0.39, 0.29) is 12.0 Å². The van der Waals surface area contributed by atoms with Gasteiger partial charge in [-0.3, -0.25) is 4.79 Å². The maximum Gasteiger partial charge on any atom is 0.295 e. The van der Waals surface area contributed by atoms with Crippen molar-refractivity contribution in [3.8, 4) is 10.9 Å². The van der Waals surface area contributed by atoms with Crippen LogP contribution in [0.5, 0.6) is 10.9 Å². The molecule has 2 rings (SSSR count). The molecule has 2 aromatic rings. The third-order valence-electron chi connectivity index (χ3n) is 3.07. The average molecular weight is 367 g/mol. The van der Waals surface area contributed by atoms with E-state index in [2.05, 4.69) is 10.2 Å². The van der Waals surface area contributed by atoms with Gasteiger partial charge in [0.2, 0.25) is 5.91 Å². The van der Waals surface area contributed by atoms with E-state index >= 15 is 0 Å². The van der Waals surface area contributed by atoms with Gasteiger partial charge in [-0.1, -0.05) is 35.1 Å². The van der Waals surface area contributed by atoms with E-state index in [1.807, 2.05) is 38.1 Å². The number of nitrogens with zero attached hydrogens (tertiary/aromatic N) is 3. The van der Waals surface area contributed by atoms with E-state index in [1.165, 1.54) is 23.1 Å². The van der Waals surface area contributed by atoms with Gasteiger partial charge in [0.1, 0.15) is 5.75 Å². The van der Waals surface area contributed by atoms with Crippen LogP contribution in [0.3, 0.4) is 0 Å². The summed E-state index contributed by atoms with van der Waals surface area (Å²) in [6, 6.07) is 7.69. The zero-order chi connectivity index (χ0) is 17.5. The number of hydrogen-bond donors (Lipinski definition) is 0. The molecule has 0 radical (unpaired) electrons. The number of para-hydroxylation sites is 1. The highest BCUT2D eigenvalue weighted by Gasteiger charge is 2.14. The van der Waals surface area contributed by atoms with Crippen molar-refractivity contribution in [2.45, 2.75) is 30.8 Å². The van der Waals surface area contributed by atoms with Crippen LogP contribution in [-0.4, -0.2) is 47.0 Å². The molecule has 0 atom stereocenters. The third-order valence-corrected chi connectivity index (χ3v) is 5.00. The molecule has 0 bridgehead atoms. The first-order valence-electron chi connectivity index (χ1n) is 7.48. The summed E-state index contributed by atoms with van der Waals surface area (Å²) in [5.41, 5.74) is 0.976. The largest absolute Gasteiger partial charge is 0.496 e. The summed E-state index contributed by atoms with van der Waals surface area (Å²) in [6.45, 7) is 4.37. The summed E-state index contributed by atoms with van der Waals surface area (Å²) in [7, 11) is 3.41. The first-order chi connectivity index (χ1) is 11.5. The number of carbonyl (C=O) groups excluding carboxylic acids is 1. The predicted octanol–water partition coefficient (Wildman–Crippen LogP) is 3.08. The van der Waals surface area contributed by atoms with Crippen LogP contribution in [0.25, 0.3) is 0 Å². The SMILES string of the molecule is COc1ccccc1CN(C)C(=O)CSc1nnc(OC(C)C)s1. The van der Waals surface area contributed by atoms with Crippen molar-refractivity contribution in [3.63, 3.8) is 0 Å². The molecule has 0 fully saturated rings. The fourth-order valence-corrected chi connectivity index (χ4v) is 3.66. The summed E-state index contributed by atoms with van der Waals surface area (Å²) in [4.78, 5) is 14.0. The Morgan fingerprint density at radius 3 is 2.79 bits per heavy atom. The summed E-state index contributed by atoms with van der Waals surface area (Å²) in [5.74, 6) is 1.11. The number of ether oxygens (including phenoxy) is 2. The maximum absolute atomic E-state index is 12.3. The van der Waals surface area contributed by atoms with Crippen LogP contribution >= 0.6 is 23.1 Å². The van der Waals surface area contributed by atoms with Crippen LogP contribution in [0.1, 0.15) is 19.4 Å². The van der Waals surface area contributed by atoms with Gasteiger partial charge < -0.3 is 14.4 Å². The minimum Gasteiger partial charge on any atom is -0.496 e. The molecule has 8 heteroatoms. The lowest BCUT2D eigenvalue weighted by Gasteiger charge is -2.18. The number of hydrogen-bond acceptors (Lipinski definition) is 7. The molecule has 130 valence electrons. The molecule has 24 heavy (non-hydrogen) atoms. The van der Waals surface area contributed by atoms with E-state index in [0.29, 0.717) is 17.5 Å². The number of aromatic nitrogens is 2. The number of amides is 1. The lowest BCUT2D eigenvalue weighted by molar-refractivity contribution is -0.127. The van der Waals surface area contributed by atoms with Crippen LogP contribution in [0.15, 0.2) is 28.6 Å². The van der Waals surface area contributed by atoms with Crippen molar-refractivity contribution in [1.82, 2.24) is 15.1 Å². The summed E-state index contributed by atoms with van der Waals surface area (Å²) < 4.78 is 11.5. The van der Waals surface area contributed by atoms with Crippen LogP contribution in [0, 0.1) is 0 Å². The number of benzene rings is 1. The summed E-state index contributed by atoms with van der Waals surface area (Å²) in [5, 5.41) is 8.51. The number of thioether (sulfide) groups is 1. The molecule has 0 saturated carbocycles. The Kier molecular flexibility index (Phi) is 6.86. The van der Waals surface area contributed by atoms with Crippen molar-refractivity contribution in [1.29, 1.82) is 0 Å². The van der Waals surface area contributed by atoms with Gasteiger partial charge in [-0.2, -0.15) is 0 Å². The molecule has 1 amide bonds. The van der Waals surface area contributed by atoms with Gasteiger partial charge in [0.15, 0.2) is 4.34 Å². The van der Waals surface area contributed by atoms with Crippen molar-refractivity contribution in [3.05, 3.63) is 29.8 Å². The molecule has 0 spiro atoms. The Hall–Kier alpha value is -1.80. The van der Waals surface area contributed by atoms with Crippen molar-refractivity contribution < 1.29 is 14.3 Å². The van der Waals surface area contributed by atoms with Crippen LogP contribution in [-0.2, 0) is 11.3 Å². The summed E-state index contributed by atoms with van der Waals surface area (Å²) >= 11 is 2.72. The number of methoxy groups -OCH3 is 1. The van der Waals surface area contributed by atoms with Gasteiger partial charge in [0.05, 0.1) is 19.0 Å². The highest BCUT2D eigenvalue weighted by molar-refractivity contribution is 8.01. The van der Waals surface area contributed by atoms with Crippen LogP contribution in [0.2, 0.25) is 0 Å². The molecule has 1 aromatic heterocycles. The second kappa shape index (κ2) is 8.89. The number of rotatable bonds is 8. The zero-order valence-corrected chi connectivity index (χ0v) is 15.8. The highest BCUT2D eigenvalue weighted by atomic mass is 32.2. The third kappa shape index (κ3) is 5.38. The predicted molar refractivity (Wildman–Crippen MR) is 95.9 cm³/mol. The van der Waals surface area contributed by atoms with Crippen LogP contribution < -0.4 is 9.47 Å². The number of carbonyl (C=O) groups is 1. The smallest absolute Gasteiger partial charge is 0.295 e. The van der Waals surface area contributed by atoms with Gasteiger partial charge in [0, 0.05) is 19.2 Å². The molecule has 1 aromatic carbocycles. The molecule has 0 saturated heterocycles. The van der Waals surface area contributed by atoms with Crippen molar-refractivity contribution in [2.24, 2.45) is 0 Å². The quantitative estimate of drug-likeness (QED) is 0.668. The standard InChI is InChI=1S/C16H21N3O3S2/c1-11(2)22-15-17-18-16(24-15)23-10-14(20)19(3)9-12-7-5-6-8-13(12)21-4/h5-8,11H,9-10H2,1-4H3. The molecule has 0 aliphatic rings. The van der Waals surface area contributed by atoms with E-state index in [4.69, 9.17) is 9.47 Å². The Balaban J connectivity index is 1.86. The van der Waals surface area contributed by atoms with Crippen molar-refractivity contribution in [2.75, 3.05) is 19.9 Å². The molecule has 6 nitrogen and oxygen atoms in total. The average Bonchev–Trinajstić information content (AvgIpc) is 2.99. The fourth-order valence-electron chi connectivity index (χ4n) is 1.92. The van der Waals surface area contributed by atoms with E-state index in [9.17, 15) is 4.79 Å². The van der Waals surface area contributed by atoms with Crippen LogP contribution in [0.4, 0.5) is 0 Å². The molecular formula is C16H21N3O3S2. The lowest BCUT2D eigenvalue weighted by atomic mass is 10.2. The van der Waals surface area contributed by atoms with Gasteiger partial charge in [-0.25, -0.2) is 0 Å². The minimum absolute atomic E-state index is 0.0208. The second-order valence-corrected chi connectivity index (χ2v) is 7.51. The Morgan fingerprint density at radius 1 is 1.33 bits per heavy atom. The maximum atomic E-state index is 12.3. The lowest BCUT2D eigenvalue weighted by Crippen LogP contribution is -2.27. The molecule has 0 N–H and O–H groups in total. The van der Waals surface area contributed by atoms with Gasteiger partial charge in [0.25, 0.3) is 5.19 Å². The monoisotopic (exact) mass is 367 g/mol. The Morgan fingerprint density at radius 2 is 2.08 bits per heavy atom. The topological polar surface area (TPSA) is 64.5 Å². The first-order valence-corrected chi connectivity index (χ1v) is 9.28. The highest BCUT2D eigenvalue weighted by Crippen LogP contribution is 2.28. The molecule has 1 heterocycles. The molecule has 0 aliphatic heterocycles. The molecule has 0 aliphatic carbocycles. The molecule has 0 unspecified atom stereocenters. The van der Waals surface area contributed by atoms with E-state index < -0.39 is 0 Å². The zero-order valence-electron chi connectivity index (χ0n) is 14.2. The fraction of sp³-hybridized carbons (Fsp3) is 0.438. The Labute approximate surface area is 150 Å². The van der Waals surface area contributed by atoms with E-state index in [0.717, 1.165) is 15.7 Å².